The Morgan fingerprint density at radius 3 is 1.81 bits per heavy atom. The molecular weight excluding hydrogens is 410 g/mol. The van der Waals surface area contributed by atoms with Crippen molar-refractivity contribution >= 4 is 17.7 Å². The van der Waals surface area contributed by atoms with Crippen LogP contribution in [0.3, 0.4) is 0 Å². The zero-order valence-electron chi connectivity index (χ0n) is 18.5. The normalized spacial score (nSPS) is 13.4. The fourth-order valence-corrected chi connectivity index (χ4v) is 3.52. The molecule has 1 saturated heterocycles. The number of methoxy groups -OCH3 is 2. The number of ether oxygens (including phenoxy) is 2. The van der Waals surface area contributed by atoms with Gasteiger partial charge in [0.15, 0.2) is 0 Å². The molecule has 1 N–H and O–H groups in total. The van der Waals surface area contributed by atoms with Crippen LogP contribution in [0.2, 0.25) is 0 Å². The molecule has 2 aromatic carbocycles. The monoisotopic (exact) mass is 439 g/mol. The minimum Gasteiger partial charge on any atom is -0.497 e. The van der Waals surface area contributed by atoms with E-state index in [4.69, 9.17) is 9.47 Å². The quantitative estimate of drug-likeness (QED) is 0.677. The molecule has 0 spiro atoms. The SMILES string of the molecule is COc1ccc(CCC(=O)N2CCN(C(=O)CNC(=O)c3ccc(OC)cc3)CC2)cc1. The predicted molar refractivity (Wildman–Crippen MR) is 120 cm³/mol. The van der Waals surface area contributed by atoms with Gasteiger partial charge in [-0.05, 0) is 48.4 Å². The second-order valence-electron chi connectivity index (χ2n) is 7.52. The molecule has 1 aliphatic heterocycles. The molecule has 1 fully saturated rings. The molecule has 0 saturated carbocycles. The first-order valence-corrected chi connectivity index (χ1v) is 10.6. The van der Waals surface area contributed by atoms with Crippen LogP contribution in [0.4, 0.5) is 0 Å². The maximum absolute atomic E-state index is 12.5. The zero-order chi connectivity index (χ0) is 22.9. The summed E-state index contributed by atoms with van der Waals surface area (Å²) < 4.78 is 10.2. The van der Waals surface area contributed by atoms with Crippen LogP contribution in [-0.4, -0.2) is 74.5 Å². The van der Waals surface area contributed by atoms with Crippen molar-refractivity contribution in [2.45, 2.75) is 12.8 Å². The van der Waals surface area contributed by atoms with Crippen molar-refractivity contribution in [3.63, 3.8) is 0 Å². The van der Waals surface area contributed by atoms with Crippen molar-refractivity contribution in [1.82, 2.24) is 15.1 Å². The highest BCUT2D eigenvalue weighted by Gasteiger charge is 2.24. The van der Waals surface area contributed by atoms with Crippen molar-refractivity contribution in [2.24, 2.45) is 0 Å². The van der Waals surface area contributed by atoms with Gasteiger partial charge >= 0.3 is 0 Å². The lowest BCUT2D eigenvalue weighted by atomic mass is 10.1. The average Bonchev–Trinajstić information content (AvgIpc) is 2.86. The third-order valence-electron chi connectivity index (χ3n) is 5.52. The molecule has 3 amide bonds. The Balaban J connectivity index is 1.38. The summed E-state index contributed by atoms with van der Waals surface area (Å²) in [5.41, 5.74) is 1.55. The van der Waals surface area contributed by atoms with Gasteiger partial charge in [0.2, 0.25) is 11.8 Å². The van der Waals surface area contributed by atoms with Crippen molar-refractivity contribution < 1.29 is 23.9 Å². The van der Waals surface area contributed by atoms with Gasteiger partial charge in [0, 0.05) is 38.2 Å². The van der Waals surface area contributed by atoms with E-state index in [0.717, 1.165) is 11.3 Å². The third-order valence-corrected chi connectivity index (χ3v) is 5.52. The number of nitrogens with one attached hydrogen (secondary N) is 1. The fraction of sp³-hybridized carbons (Fsp3) is 0.375. The smallest absolute Gasteiger partial charge is 0.251 e. The summed E-state index contributed by atoms with van der Waals surface area (Å²) >= 11 is 0. The topological polar surface area (TPSA) is 88.2 Å². The van der Waals surface area contributed by atoms with Gasteiger partial charge in [0.25, 0.3) is 5.91 Å². The van der Waals surface area contributed by atoms with Crippen LogP contribution < -0.4 is 14.8 Å². The number of hydrogen-bond acceptors (Lipinski definition) is 5. The van der Waals surface area contributed by atoms with Crippen molar-refractivity contribution in [2.75, 3.05) is 46.9 Å². The second kappa shape index (κ2) is 11.2. The lowest BCUT2D eigenvalue weighted by Crippen LogP contribution is -2.52. The van der Waals surface area contributed by atoms with Gasteiger partial charge in [-0.3, -0.25) is 14.4 Å². The van der Waals surface area contributed by atoms with Gasteiger partial charge in [0.1, 0.15) is 11.5 Å². The van der Waals surface area contributed by atoms with E-state index in [1.165, 1.54) is 0 Å². The first-order valence-electron chi connectivity index (χ1n) is 10.6. The summed E-state index contributed by atoms with van der Waals surface area (Å²) in [6, 6.07) is 14.4. The Hall–Kier alpha value is -3.55. The standard InChI is InChI=1S/C24H29N3O5/c1-31-20-8-3-18(4-9-20)5-12-22(28)26-13-15-27(16-14-26)23(29)17-25-24(30)19-6-10-21(32-2)11-7-19/h3-4,6-11H,5,12-17H2,1-2H3,(H,25,30). The van der Waals surface area contributed by atoms with Gasteiger partial charge in [-0.1, -0.05) is 12.1 Å². The highest BCUT2D eigenvalue weighted by molar-refractivity contribution is 5.96. The van der Waals surface area contributed by atoms with Crippen LogP contribution >= 0.6 is 0 Å². The van der Waals surface area contributed by atoms with Crippen molar-refractivity contribution in [3.05, 3.63) is 59.7 Å². The van der Waals surface area contributed by atoms with Crippen LogP contribution in [0.25, 0.3) is 0 Å². The van der Waals surface area contributed by atoms with E-state index in [1.807, 2.05) is 24.3 Å². The molecule has 0 bridgehead atoms. The highest BCUT2D eigenvalue weighted by Crippen LogP contribution is 2.14. The Labute approximate surface area is 188 Å². The number of aryl methyl sites for hydroxylation is 1. The van der Waals surface area contributed by atoms with Crippen LogP contribution in [0.15, 0.2) is 48.5 Å². The number of carbonyl (C=O) groups is 3. The number of amides is 3. The Morgan fingerprint density at radius 1 is 0.781 bits per heavy atom. The summed E-state index contributed by atoms with van der Waals surface area (Å²) in [6.07, 6.45) is 1.09. The van der Waals surface area contributed by atoms with Crippen LogP contribution in [-0.2, 0) is 16.0 Å². The number of rotatable bonds is 8. The zero-order valence-corrected chi connectivity index (χ0v) is 18.5. The Bertz CT molecular complexity index is 920. The van der Waals surface area contributed by atoms with Gasteiger partial charge in [0.05, 0.1) is 20.8 Å². The fourth-order valence-electron chi connectivity index (χ4n) is 3.52. The van der Waals surface area contributed by atoms with E-state index in [2.05, 4.69) is 5.32 Å². The molecule has 2 aromatic rings. The van der Waals surface area contributed by atoms with Crippen molar-refractivity contribution in [1.29, 1.82) is 0 Å². The average molecular weight is 440 g/mol. The summed E-state index contributed by atoms with van der Waals surface area (Å²) in [5, 5.41) is 2.65. The summed E-state index contributed by atoms with van der Waals surface area (Å²) in [4.78, 5) is 40.7. The van der Waals surface area contributed by atoms with Crippen LogP contribution in [0.1, 0.15) is 22.3 Å². The number of benzene rings is 2. The molecule has 1 heterocycles. The lowest BCUT2D eigenvalue weighted by Gasteiger charge is -2.35. The number of piperazine rings is 1. The number of carbonyl (C=O) groups excluding carboxylic acids is 3. The van der Waals surface area contributed by atoms with Gasteiger partial charge in [-0.25, -0.2) is 0 Å². The van der Waals surface area contributed by atoms with E-state index in [9.17, 15) is 14.4 Å². The van der Waals surface area contributed by atoms with E-state index in [-0.39, 0.29) is 24.3 Å². The molecule has 3 rings (SSSR count). The minimum atomic E-state index is -0.312. The molecule has 32 heavy (non-hydrogen) atoms. The van der Waals surface area contributed by atoms with E-state index < -0.39 is 0 Å². The highest BCUT2D eigenvalue weighted by atomic mass is 16.5. The second-order valence-corrected chi connectivity index (χ2v) is 7.52. The molecular formula is C24H29N3O5. The van der Waals surface area contributed by atoms with Crippen LogP contribution in [0, 0.1) is 0 Å². The Kier molecular flexibility index (Phi) is 8.08. The maximum atomic E-state index is 12.5. The minimum absolute atomic E-state index is 0.0731. The lowest BCUT2D eigenvalue weighted by molar-refractivity contribution is -0.138. The molecule has 8 nitrogen and oxygen atoms in total. The molecule has 0 aromatic heterocycles. The molecule has 170 valence electrons. The summed E-state index contributed by atoms with van der Waals surface area (Å²) in [7, 11) is 3.18. The van der Waals surface area contributed by atoms with Gasteiger partial charge in [-0.2, -0.15) is 0 Å². The van der Waals surface area contributed by atoms with Gasteiger partial charge < -0.3 is 24.6 Å². The maximum Gasteiger partial charge on any atom is 0.251 e. The van der Waals surface area contributed by atoms with Crippen LogP contribution in [0.5, 0.6) is 11.5 Å². The Morgan fingerprint density at radius 2 is 1.28 bits per heavy atom. The predicted octanol–water partition coefficient (Wildman–Crippen LogP) is 1.74. The first kappa shape index (κ1) is 23.1. The first-order chi connectivity index (χ1) is 15.5. The molecule has 8 heteroatoms. The molecule has 0 radical (unpaired) electrons. The van der Waals surface area contributed by atoms with E-state index in [0.29, 0.717) is 50.3 Å². The number of nitrogens with zero attached hydrogens (tertiary/aromatic N) is 2. The summed E-state index contributed by atoms with van der Waals surface area (Å²) in [5.74, 6) is 1.07. The van der Waals surface area contributed by atoms with Gasteiger partial charge in [-0.15, -0.1) is 0 Å². The molecule has 0 atom stereocenters. The molecule has 0 unspecified atom stereocenters. The van der Waals surface area contributed by atoms with E-state index >= 15 is 0 Å². The summed E-state index contributed by atoms with van der Waals surface area (Å²) in [6.45, 7) is 1.85. The van der Waals surface area contributed by atoms with Crippen molar-refractivity contribution in [3.8, 4) is 11.5 Å². The molecule has 1 aliphatic rings. The number of hydrogen-bond donors (Lipinski definition) is 1. The largest absolute Gasteiger partial charge is 0.497 e. The van der Waals surface area contributed by atoms with E-state index in [1.54, 1.807) is 48.3 Å². The third kappa shape index (κ3) is 6.23. The molecule has 0 aliphatic carbocycles.